The zero-order chi connectivity index (χ0) is 20.3. The fraction of sp³-hybridized carbons (Fsp3) is 0.880. The Hall–Kier alpha value is -0.830. The van der Waals surface area contributed by atoms with Crippen LogP contribution in [0, 0.1) is 46.3 Å². The summed E-state index contributed by atoms with van der Waals surface area (Å²) in [5.74, 6) is 3.19. The molecule has 0 amide bonds. The summed E-state index contributed by atoms with van der Waals surface area (Å²) in [7, 11) is 0. The molecule has 2 N–H and O–H groups in total. The van der Waals surface area contributed by atoms with Crippen molar-refractivity contribution >= 4 is 5.97 Å². The van der Waals surface area contributed by atoms with Gasteiger partial charge in [0.25, 0.3) is 0 Å². The van der Waals surface area contributed by atoms with E-state index in [4.69, 9.17) is 0 Å². The van der Waals surface area contributed by atoms with E-state index in [2.05, 4.69) is 27.4 Å². The summed E-state index contributed by atoms with van der Waals surface area (Å²) in [6.45, 7) is 11.1. The monoisotopic (exact) mass is 388 g/mol. The molecule has 0 heterocycles. The van der Waals surface area contributed by atoms with Gasteiger partial charge in [-0.15, -0.1) is 6.58 Å². The molecule has 0 saturated heterocycles. The lowest BCUT2D eigenvalue weighted by Gasteiger charge is -2.62. The van der Waals surface area contributed by atoms with Crippen molar-refractivity contribution in [3.63, 3.8) is 0 Å². The predicted molar refractivity (Wildman–Crippen MR) is 112 cm³/mol. The topological polar surface area (TPSA) is 57.5 Å². The highest BCUT2D eigenvalue weighted by atomic mass is 16.4. The summed E-state index contributed by atoms with van der Waals surface area (Å²) in [4.78, 5) is 11.3. The Morgan fingerprint density at radius 2 is 1.79 bits per heavy atom. The van der Waals surface area contributed by atoms with Gasteiger partial charge in [-0.2, -0.15) is 0 Å². The van der Waals surface area contributed by atoms with Crippen LogP contribution in [-0.4, -0.2) is 21.8 Å². The Labute approximate surface area is 171 Å². The molecular weight excluding hydrogens is 348 g/mol. The van der Waals surface area contributed by atoms with E-state index < -0.39 is 11.6 Å². The fourth-order valence-corrected chi connectivity index (χ4v) is 8.85. The third kappa shape index (κ3) is 2.99. The summed E-state index contributed by atoms with van der Waals surface area (Å²) in [5.41, 5.74) is 0.0465. The molecule has 4 aliphatic carbocycles. The van der Waals surface area contributed by atoms with Gasteiger partial charge in [-0.1, -0.05) is 26.8 Å². The smallest absolute Gasteiger partial charge is 0.303 e. The van der Waals surface area contributed by atoms with Gasteiger partial charge in [0, 0.05) is 6.42 Å². The quantitative estimate of drug-likeness (QED) is 0.610. The average Bonchev–Trinajstić information content (AvgIpc) is 2.99. The van der Waals surface area contributed by atoms with Gasteiger partial charge in [0.05, 0.1) is 5.60 Å². The van der Waals surface area contributed by atoms with Gasteiger partial charge in [-0.05, 0) is 104 Å². The largest absolute Gasteiger partial charge is 0.481 e. The standard InChI is InChI=1S/C25H40O3/c1-5-25(28)13-12-23(3)17(15-25)6-7-18-20-9-8-19(16(2)14-22(26)27)24(20,4)11-10-21(18)23/h5,16-21,28H,1,6-15H2,2-4H3,(H,26,27)/t16-,17-,18+,19-,20+,21+,23+,24-,25+/m1/s1. The molecule has 3 nitrogen and oxygen atoms in total. The van der Waals surface area contributed by atoms with Crippen LogP contribution in [-0.2, 0) is 4.79 Å². The molecule has 28 heavy (non-hydrogen) atoms. The van der Waals surface area contributed by atoms with Crippen molar-refractivity contribution in [2.45, 2.75) is 90.6 Å². The highest BCUT2D eigenvalue weighted by Crippen LogP contribution is 2.68. The zero-order valence-electron chi connectivity index (χ0n) is 18.1. The third-order valence-corrected chi connectivity index (χ3v) is 10.4. The van der Waals surface area contributed by atoms with E-state index in [1.807, 2.05) is 0 Å². The Bertz CT molecular complexity index is 644. The lowest BCUT2D eigenvalue weighted by atomic mass is 9.43. The number of carboxylic acid groups (broad SMARTS) is 1. The van der Waals surface area contributed by atoms with Crippen LogP contribution in [0.15, 0.2) is 12.7 Å². The normalized spacial score (nSPS) is 51.5. The fourth-order valence-electron chi connectivity index (χ4n) is 8.85. The lowest BCUT2D eigenvalue weighted by Crippen LogP contribution is -2.55. The van der Waals surface area contributed by atoms with Crippen molar-refractivity contribution in [1.82, 2.24) is 0 Å². The van der Waals surface area contributed by atoms with E-state index in [9.17, 15) is 15.0 Å². The predicted octanol–water partition coefficient (Wildman–Crippen LogP) is 5.67. The first-order chi connectivity index (χ1) is 13.1. The third-order valence-electron chi connectivity index (χ3n) is 10.4. The Balaban J connectivity index is 1.55. The molecule has 0 bridgehead atoms. The minimum Gasteiger partial charge on any atom is -0.481 e. The number of hydrogen-bond acceptors (Lipinski definition) is 2. The minimum atomic E-state index is -0.648. The minimum absolute atomic E-state index is 0.285. The molecule has 0 aromatic rings. The summed E-state index contributed by atoms with van der Waals surface area (Å²) >= 11 is 0. The lowest BCUT2D eigenvalue weighted by molar-refractivity contribution is -0.145. The van der Waals surface area contributed by atoms with Gasteiger partial charge >= 0.3 is 5.97 Å². The second-order valence-corrected chi connectivity index (χ2v) is 11.5. The van der Waals surface area contributed by atoms with Crippen LogP contribution < -0.4 is 0 Å². The van der Waals surface area contributed by atoms with Crippen LogP contribution in [0.25, 0.3) is 0 Å². The molecule has 0 radical (unpaired) electrons. The van der Waals surface area contributed by atoms with E-state index in [1.54, 1.807) is 6.08 Å². The molecule has 4 fully saturated rings. The summed E-state index contributed by atoms with van der Waals surface area (Å²) in [6.07, 6.45) is 12.6. The summed E-state index contributed by atoms with van der Waals surface area (Å²) in [6, 6.07) is 0. The van der Waals surface area contributed by atoms with Crippen LogP contribution in [0.1, 0.15) is 85.0 Å². The molecule has 4 rings (SSSR count). The summed E-state index contributed by atoms with van der Waals surface area (Å²) < 4.78 is 0. The maximum Gasteiger partial charge on any atom is 0.303 e. The van der Waals surface area contributed by atoms with Crippen molar-refractivity contribution in [3.05, 3.63) is 12.7 Å². The number of carboxylic acids is 1. The number of fused-ring (bicyclic) bond motifs is 5. The van der Waals surface area contributed by atoms with Crippen molar-refractivity contribution in [2.75, 3.05) is 0 Å². The summed E-state index contributed by atoms with van der Waals surface area (Å²) in [5, 5.41) is 20.1. The molecule has 3 heteroatoms. The number of aliphatic hydroxyl groups is 1. The molecule has 9 atom stereocenters. The molecule has 0 aliphatic heterocycles. The molecule has 0 spiro atoms. The first kappa shape index (κ1) is 20.4. The molecule has 4 aliphatic rings. The molecule has 0 aromatic heterocycles. The molecule has 4 saturated carbocycles. The van der Waals surface area contributed by atoms with E-state index >= 15 is 0 Å². The van der Waals surface area contributed by atoms with Gasteiger partial charge < -0.3 is 10.2 Å². The SMILES string of the molecule is C=C[C@]1(O)CC[C@@]2(C)[C@H](CC[C@@H]3[C@@H]2CC[C@]2(C)[C@@H]([C@H](C)CC(=O)O)CC[C@@H]32)C1. The van der Waals surface area contributed by atoms with E-state index in [1.165, 1.54) is 38.5 Å². The van der Waals surface area contributed by atoms with E-state index in [0.29, 0.717) is 29.1 Å². The molecular formula is C25H40O3. The Morgan fingerprint density at radius 3 is 2.46 bits per heavy atom. The van der Waals surface area contributed by atoms with E-state index in [0.717, 1.165) is 37.0 Å². The van der Waals surface area contributed by atoms with Gasteiger partial charge in [0.1, 0.15) is 0 Å². The zero-order valence-corrected chi connectivity index (χ0v) is 18.1. The first-order valence-electron chi connectivity index (χ1n) is 11.7. The number of carbonyl (C=O) groups is 1. The van der Waals surface area contributed by atoms with Crippen LogP contribution in [0.5, 0.6) is 0 Å². The molecule has 0 unspecified atom stereocenters. The van der Waals surface area contributed by atoms with E-state index in [-0.39, 0.29) is 5.92 Å². The van der Waals surface area contributed by atoms with Crippen LogP contribution in [0.3, 0.4) is 0 Å². The second kappa shape index (κ2) is 6.86. The number of rotatable bonds is 4. The second-order valence-electron chi connectivity index (χ2n) is 11.5. The highest BCUT2D eigenvalue weighted by Gasteiger charge is 2.61. The Kier molecular flexibility index (Phi) is 5.01. The first-order valence-corrected chi connectivity index (χ1v) is 11.7. The maximum atomic E-state index is 11.3. The Morgan fingerprint density at radius 1 is 1.07 bits per heavy atom. The van der Waals surface area contributed by atoms with Gasteiger partial charge in [-0.25, -0.2) is 0 Å². The average molecular weight is 389 g/mol. The number of hydrogen-bond donors (Lipinski definition) is 2. The molecule has 0 aromatic carbocycles. The van der Waals surface area contributed by atoms with Gasteiger partial charge in [0.15, 0.2) is 0 Å². The molecule has 158 valence electrons. The van der Waals surface area contributed by atoms with Crippen molar-refractivity contribution < 1.29 is 15.0 Å². The van der Waals surface area contributed by atoms with Crippen molar-refractivity contribution in [1.29, 1.82) is 0 Å². The van der Waals surface area contributed by atoms with Crippen LogP contribution in [0.4, 0.5) is 0 Å². The van der Waals surface area contributed by atoms with Crippen molar-refractivity contribution in [3.8, 4) is 0 Å². The number of aliphatic carboxylic acids is 1. The van der Waals surface area contributed by atoms with Gasteiger partial charge in [0.2, 0.25) is 0 Å². The maximum absolute atomic E-state index is 11.3. The van der Waals surface area contributed by atoms with Crippen LogP contribution >= 0.6 is 0 Å². The highest BCUT2D eigenvalue weighted by molar-refractivity contribution is 5.67. The van der Waals surface area contributed by atoms with Crippen LogP contribution in [0.2, 0.25) is 0 Å². The van der Waals surface area contributed by atoms with Gasteiger partial charge in [-0.3, -0.25) is 4.79 Å². The van der Waals surface area contributed by atoms with Crippen molar-refractivity contribution in [2.24, 2.45) is 46.3 Å².